The van der Waals surface area contributed by atoms with E-state index < -0.39 is 45.9 Å². The number of ether oxygens (including phenoxy) is 5. The van der Waals surface area contributed by atoms with Gasteiger partial charge in [0.15, 0.2) is 5.79 Å². The van der Waals surface area contributed by atoms with Gasteiger partial charge < -0.3 is 33.9 Å². The van der Waals surface area contributed by atoms with Gasteiger partial charge in [0.25, 0.3) is 0 Å². The summed E-state index contributed by atoms with van der Waals surface area (Å²) in [6, 6.07) is 25.7. The second kappa shape index (κ2) is 19.4. The molecule has 1 aromatic heterocycles. The summed E-state index contributed by atoms with van der Waals surface area (Å²) in [5.74, 6) is -2.02. The first kappa shape index (κ1) is 47.7. The van der Waals surface area contributed by atoms with Crippen LogP contribution >= 0.6 is 11.3 Å². The molecule has 0 saturated carbocycles. The van der Waals surface area contributed by atoms with Gasteiger partial charge in [-0.2, -0.15) is 4.31 Å². The van der Waals surface area contributed by atoms with Crippen LogP contribution in [0.15, 0.2) is 89.8 Å². The summed E-state index contributed by atoms with van der Waals surface area (Å²) in [4.78, 5) is 28.7. The summed E-state index contributed by atoms with van der Waals surface area (Å²) in [6.45, 7) is 10.9. The predicted octanol–water partition coefficient (Wildman–Crippen LogP) is 9.32. The van der Waals surface area contributed by atoms with Crippen molar-refractivity contribution in [2.24, 2.45) is 23.2 Å². The third-order valence-electron chi connectivity index (χ3n) is 13.4. The van der Waals surface area contributed by atoms with Gasteiger partial charge in [0, 0.05) is 29.4 Å². The number of hydrogen-bond donors (Lipinski definition) is 2. The molecule has 66 heavy (non-hydrogen) atoms. The molecule has 2 fully saturated rings. The summed E-state index contributed by atoms with van der Waals surface area (Å²) in [7, 11) is -2.53. The molecule has 0 radical (unpaired) electrons. The lowest BCUT2D eigenvalue weighted by Crippen LogP contribution is -2.43. The zero-order chi connectivity index (χ0) is 47.0. The molecule has 352 valence electrons. The second-order valence-corrected chi connectivity index (χ2v) is 22.4. The molecular weight excluding hydrogens is 879 g/mol. The molecule has 8 rings (SSSR count). The number of carboxylic acid groups (broad SMARTS) is 1. The molecule has 14 heteroatoms. The van der Waals surface area contributed by atoms with E-state index in [9.17, 15) is 28.2 Å². The molecule has 1 aliphatic carbocycles. The van der Waals surface area contributed by atoms with Crippen molar-refractivity contribution in [1.29, 1.82) is 0 Å². The lowest BCUT2D eigenvalue weighted by atomic mass is 9.75. The van der Waals surface area contributed by atoms with Gasteiger partial charge in [-0.1, -0.05) is 76.2 Å². The number of nitrogens with zero attached hydrogens (tertiary/aromatic N) is 1. The van der Waals surface area contributed by atoms with Crippen molar-refractivity contribution in [3.05, 3.63) is 112 Å². The van der Waals surface area contributed by atoms with E-state index in [1.807, 2.05) is 81.4 Å². The molecule has 3 heterocycles. The van der Waals surface area contributed by atoms with E-state index in [-0.39, 0.29) is 61.3 Å². The number of rotatable bonds is 18. The number of fused-ring (bicyclic) bond motifs is 3. The second-order valence-electron chi connectivity index (χ2n) is 19.3. The standard InChI is InChI=1S/C52H61NO11S2/c1-32(2)28-53(66(58,59)39-19-17-37(60-6)18-20-39)29-43(54)36(26-46(55)64-44-31-63-52(5)42(44)22-24-62-52)25-33-11-15-38(16-12-33)61-30-35-14-13-34-9-7-8-10-40(34)47(35)49-48(50(56)57)41-27-51(3,4)23-21-45(41)65-49/h7-20,32,36,42-44,54H,21-31H2,1-6H3,(H,56,57)/t36-,42+,43-,44+,52-/m1/s1. The Bertz CT molecular complexity index is 2660. The average molecular weight is 940 g/mol. The minimum atomic E-state index is -4.04. The number of hydrogen-bond acceptors (Lipinski definition) is 11. The van der Waals surface area contributed by atoms with Crippen molar-refractivity contribution in [1.82, 2.24) is 4.31 Å². The van der Waals surface area contributed by atoms with Crippen LogP contribution in [0.4, 0.5) is 0 Å². The fraction of sp³-hybridized carbons (Fsp3) is 0.462. The monoisotopic (exact) mass is 939 g/mol. The largest absolute Gasteiger partial charge is 0.497 e. The number of thiophene rings is 1. The number of aliphatic hydroxyl groups excluding tert-OH is 1. The highest BCUT2D eigenvalue weighted by Gasteiger charge is 2.53. The highest BCUT2D eigenvalue weighted by atomic mass is 32.2. The number of methoxy groups -OCH3 is 1. The lowest BCUT2D eigenvalue weighted by Gasteiger charge is -2.30. The quantitative estimate of drug-likeness (QED) is 0.0807. The number of carboxylic acids is 1. The third-order valence-corrected chi connectivity index (χ3v) is 16.6. The Morgan fingerprint density at radius 2 is 1.67 bits per heavy atom. The molecule has 0 amide bonds. The molecule has 2 N–H and O–H groups in total. The van der Waals surface area contributed by atoms with Gasteiger partial charge in [-0.3, -0.25) is 4.79 Å². The topological polar surface area (TPSA) is 158 Å². The van der Waals surface area contributed by atoms with Crippen LogP contribution in [-0.4, -0.2) is 86.3 Å². The van der Waals surface area contributed by atoms with E-state index in [4.69, 9.17) is 23.7 Å². The van der Waals surface area contributed by atoms with Crippen molar-refractivity contribution in [3.8, 4) is 21.9 Å². The van der Waals surface area contributed by atoms with Gasteiger partial charge in [0.1, 0.15) is 24.2 Å². The van der Waals surface area contributed by atoms with Crippen molar-refractivity contribution in [2.45, 2.75) is 103 Å². The molecule has 4 aromatic carbocycles. The van der Waals surface area contributed by atoms with Gasteiger partial charge in [-0.15, -0.1) is 11.3 Å². The van der Waals surface area contributed by atoms with Gasteiger partial charge in [-0.05, 0) is 114 Å². The highest BCUT2D eigenvalue weighted by Crippen LogP contribution is 2.48. The summed E-state index contributed by atoms with van der Waals surface area (Å²) < 4.78 is 58.8. The van der Waals surface area contributed by atoms with E-state index >= 15 is 0 Å². The molecule has 3 aliphatic rings. The molecule has 0 unspecified atom stereocenters. The number of sulfonamides is 1. The maximum absolute atomic E-state index is 14.1. The van der Waals surface area contributed by atoms with E-state index in [0.29, 0.717) is 36.5 Å². The van der Waals surface area contributed by atoms with Crippen LogP contribution < -0.4 is 9.47 Å². The summed E-state index contributed by atoms with van der Waals surface area (Å²) in [5.41, 5.74) is 3.89. The predicted molar refractivity (Wildman–Crippen MR) is 254 cm³/mol. The fourth-order valence-electron chi connectivity index (χ4n) is 9.83. The molecule has 5 aromatic rings. The Morgan fingerprint density at radius 3 is 2.38 bits per heavy atom. The third kappa shape index (κ3) is 10.2. The molecule has 2 aliphatic heterocycles. The maximum Gasteiger partial charge on any atom is 0.337 e. The number of carbonyl (C=O) groups is 2. The Kier molecular flexibility index (Phi) is 14.0. The number of aliphatic hydroxyl groups is 1. The minimum Gasteiger partial charge on any atom is -0.497 e. The van der Waals surface area contributed by atoms with Gasteiger partial charge in [-0.25, -0.2) is 13.2 Å². The van der Waals surface area contributed by atoms with Crippen molar-refractivity contribution in [2.75, 3.05) is 33.4 Å². The van der Waals surface area contributed by atoms with Crippen LogP contribution in [0.5, 0.6) is 11.5 Å². The van der Waals surface area contributed by atoms with E-state index in [1.54, 1.807) is 23.5 Å². The number of benzene rings is 4. The van der Waals surface area contributed by atoms with E-state index in [2.05, 4.69) is 13.8 Å². The smallest absolute Gasteiger partial charge is 0.337 e. The Morgan fingerprint density at radius 1 is 0.939 bits per heavy atom. The van der Waals surface area contributed by atoms with Crippen LogP contribution in [0.25, 0.3) is 21.2 Å². The first-order chi connectivity index (χ1) is 31.4. The summed E-state index contributed by atoms with van der Waals surface area (Å²) in [5, 5.41) is 24.6. The number of carbonyl (C=O) groups excluding carboxylic acids is 1. The maximum atomic E-state index is 14.1. The summed E-state index contributed by atoms with van der Waals surface area (Å²) in [6.07, 6.45) is 1.60. The van der Waals surface area contributed by atoms with Crippen LogP contribution in [0, 0.1) is 23.2 Å². The molecule has 5 atom stereocenters. The van der Waals surface area contributed by atoms with Gasteiger partial charge >= 0.3 is 11.9 Å². The molecule has 12 nitrogen and oxygen atoms in total. The molecule has 2 saturated heterocycles. The van der Waals surface area contributed by atoms with E-state index in [0.717, 1.165) is 55.6 Å². The van der Waals surface area contributed by atoms with Crippen LogP contribution in [0.1, 0.15) is 85.8 Å². The lowest BCUT2D eigenvalue weighted by molar-refractivity contribution is -0.181. The van der Waals surface area contributed by atoms with E-state index in [1.165, 1.54) is 23.5 Å². The zero-order valence-electron chi connectivity index (χ0n) is 38.6. The number of aromatic carboxylic acids is 1. The van der Waals surface area contributed by atoms with Gasteiger partial charge in [0.2, 0.25) is 10.0 Å². The number of aryl methyl sites for hydroxylation is 1. The van der Waals surface area contributed by atoms with Gasteiger partial charge in [0.05, 0.1) is 54.1 Å². The van der Waals surface area contributed by atoms with Crippen molar-refractivity contribution < 1.29 is 51.9 Å². The Labute approximate surface area is 391 Å². The zero-order valence-corrected chi connectivity index (χ0v) is 40.2. The fourth-order valence-corrected chi connectivity index (χ4v) is 12.9. The number of esters is 1. The first-order valence-corrected chi connectivity index (χ1v) is 25.1. The minimum absolute atomic E-state index is 0.0129. The first-order valence-electron chi connectivity index (χ1n) is 22.8. The molecule has 0 bridgehead atoms. The van der Waals surface area contributed by atoms with Crippen LogP contribution in [0.3, 0.4) is 0 Å². The molecular formula is C52H61NO11S2. The highest BCUT2D eigenvalue weighted by molar-refractivity contribution is 7.89. The van der Waals surface area contributed by atoms with Crippen molar-refractivity contribution in [3.63, 3.8) is 0 Å². The Balaban J connectivity index is 1.03. The molecule has 0 spiro atoms. The van der Waals surface area contributed by atoms with Crippen LogP contribution in [0.2, 0.25) is 0 Å². The van der Waals surface area contributed by atoms with Crippen molar-refractivity contribution >= 4 is 44.1 Å². The SMILES string of the molecule is COc1ccc(S(=O)(=O)N(CC(C)C)C[C@@H](O)[C@@H](CC(=O)O[C@H]2CO[C@@]3(C)OCC[C@@H]23)Cc2ccc(OCc3ccc4ccccc4c3-c3sc4c(c3C(=O)O)CC(C)(C)CC4)cc2)cc1. The van der Waals surface area contributed by atoms with Crippen LogP contribution in [-0.2, 0) is 54.9 Å². The summed E-state index contributed by atoms with van der Waals surface area (Å²) >= 11 is 1.59. The average Bonchev–Trinajstić information content (AvgIpc) is 3.95. The Hall–Kier alpha value is -4.83. The normalized spacial score (nSPS) is 21.1.